The van der Waals surface area contributed by atoms with E-state index in [1.165, 1.54) is 6.07 Å². The normalized spacial score (nSPS) is 18.4. The molecule has 5 heteroatoms. The third-order valence-corrected chi connectivity index (χ3v) is 3.34. The van der Waals surface area contributed by atoms with Gasteiger partial charge in [-0.15, -0.1) is 12.4 Å². The van der Waals surface area contributed by atoms with Gasteiger partial charge in [-0.3, -0.25) is 4.79 Å². The van der Waals surface area contributed by atoms with Gasteiger partial charge in [-0.25, -0.2) is 4.39 Å². The summed E-state index contributed by atoms with van der Waals surface area (Å²) in [5, 5.41) is 2.99. The number of aryl methyl sites for hydroxylation is 1. The summed E-state index contributed by atoms with van der Waals surface area (Å²) < 4.78 is 13.1. The molecule has 2 atom stereocenters. The van der Waals surface area contributed by atoms with Crippen molar-refractivity contribution in [2.75, 3.05) is 0 Å². The van der Waals surface area contributed by atoms with Crippen molar-refractivity contribution in [1.29, 1.82) is 0 Å². The number of benzene rings is 1. The van der Waals surface area contributed by atoms with Gasteiger partial charge in [0, 0.05) is 12.5 Å². The van der Waals surface area contributed by atoms with E-state index in [-0.39, 0.29) is 36.2 Å². The molecule has 0 saturated carbocycles. The van der Waals surface area contributed by atoms with Gasteiger partial charge in [0.05, 0.1) is 6.04 Å². The monoisotopic (exact) mass is 286 g/mol. The summed E-state index contributed by atoms with van der Waals surface area (Å²) in [6.07, 6.45) is 2.81. The molecule has 0 spiro atoms. The summed E-state index contributed by atoms with van der Waals surface area (Å²) in [6, 6.07) is 4.85. The van der Waals surface area contributed by atoms with E-state index in [4.69, 9.17) is 5.73 Å². The summed E-state index contributed by atoms with van der Waals surface area (Å²) in [5.41, 5.74) is 7.67. The van der Waals surface area contributed by atoms with Crippen LogP contribution in [0.25, 0.3) is 0 Å². The Morgan fingerprint density at radius 1 is 1.58 bits per heavy atom. The van der Waals surface area contributed by atoms with E-state index in [0.29, 0.717) is 12.8 Å². The number of carbonyl (C=O) groups is 1. The summed E-state index contributed by atoms with van der Waals surface area (Å²) in [6.45, 7) is 1.89. The molecule has 1 aliphatic carbocycles. The van der Waals surface area contributed by atoms with Crippen molar-refractivity contribution in [3.8, 4) is 0 Å². The standard InChI is InChI=1S/C14H19FN2O.ClH/c1-9(16)2-7-14(18)17-13-6-3-10-8-11(15)4-5-12(10)13;/h4-5,8-9,13H,2-3,6-7,16H2,1H3,(H,17,18);1H. The Kier molecular flexibility index (Phi) is 5.76. The highest BCUT2D eigenvalue weighted by atomic mass is 35.5. The Hall–Kier alpha value is -1.13. The van der Waals surface area contributed by atoms with Gasteiger partial charge in [-0.05, 0) is 49.4 Å². The maximum absolute atomic E-state index is 13.1. The molecule has 1 aromatic rings. The zero-order chi connectivity index (χ0) is 13.1. The Morgan fingerprint density at radius 2 is 2.32 bits per heavy atom. The number of fused-ring (bicyclic) bond motifs is 1. The first-order valence-corrected chi connectivity index (χ1v) is 6.39. The van der Waals surface area contributed by atoms with Crippen LogP contribution in [0.5, 0.6) is 0 Å². The zero-order valence-electron chi connectivity index (χ0n) is 11.0. The van der Waals surface area contributed by atoms with Gasteiger partial charge in [0.2, 0.25) is 5.91 Å². The van der Waals surface area contributed by atoms with E-state index < -0.39 is 0 Å². The van der Waals surface area contributed by atoms with Gasteiger partial charge in [0.1, 0.15) is 5.82 Å². The molecule has 1 amide bonds. The van der Waals surface area contributed by atoms with Gasteiger partial charge < -0.3 is 11.1 Å². The van der Waals surface area contributed by atoms with Crippen molar-refractivity contribution in [2.24, 2.45) is 5.73 Å². The molecule has 0 bridgehead atoms. The maximum Gasteiger partial charge on any atom is 0.220 e. The summed E-state index contributed by atoms with van der Waals surface area (Å²) in [4.78, 5) is 11.7. The lowest BCUT2D eigenvalue weighted by atomic mass is 10.1. The minimum absolute atomic E-state index is 0. The van der Waals surface area contributed by atoms with Crippen LogP contribution in [0.4, 0.5) is 4.39 Å². The van der Waals surface area contributed by atoms with E-state index in [2.05, 4.69) is 5.32 Å². The number of carbonyl (C=O) groups excluding carboxylic acids is 1. The van der Waals surface area contributed by atoms with Crippen LogP contribution in [0.2, 0.25) is 0 Å². The second kappa shape index (κ2) is 6.87. The van der Waals surface area contributed by atoms with Gasteiger partial charge in [-0.2, -0.15) is 0 Å². The highest BCUT2D eigenvalue weighted by Crippen LogP contribution is 2.31. The Bertz CT molecular complexity index is 451. The van der Waals surface area contributed by atoms with Crippen molar-refractivity contribution in [3.63, 3.8) is 0 Å². The Balaban J connectivity index is 0.00000180. The number of amides is 1. The number of halogens is 2. The van der Waals surface area contributed by atoms with Gasteiger partial charge in [0.25, 0.3) is 0 Å². The molecule has 0 saturated heterocycles. The largest absolute Gasteiger partial charge is 0.349 e. The summed E-state index contributed by atoms with van der Waals surface area (Å²) >= 11 is 0. The molecule has 0 aromatic heterocycles. The minimum atomic E-state index is -0.210. The van der Waals surface area contributed by atoms with E-state index in [9.17, 15) is 9.18 Å². The van der Waals surface area contributed by atoms with Crippen LogP contribution in [0.15, 0.2) is 18.2 Å². The van der Waals surface area contributed by atoms with E-state index in [0.717, 1.165) is 24.0 Å². The first-order valence-electron chi connectivity index (χ1n) is 6.39. The van der Waals surface area contributed by atoms with Gasteiger partial charge in [0.15, 0.2) is 0 Å². The second-order valence-electron chi connectivity index (χ2n) is 5.02. The first-order chi connectivity index (χ1) is 8.56. The van der Waals surface area contributed by atoms with Gasteiger partial charge in [-0.1, -0.05) is 6.07 Å². The average molecular weight is 287 g/mol. The zero-order valence-corrected chi connectivity index (χ0v) is 11.8. The Labute approximate surface area is 119 Å². The third kappa shape index (κ3) is 4.18. The van der Waals surface area contributed by atoms with Gasteiger partial charge >= 0.3 is 0 Å². The van der Waals surface area contributed by atoms with Crippen molar-refractivity contribution >= 4 is 18.3 Å². The minimum Gasteiger partial charge on any atom is -0.349 e. The van der Waals surface area contributed by atoms with Crippen molar-refractivity contribution in [1.82, 2.24) is 5.32 Å². The molecule has 0 heterocycles. The number of hydrogen-bond donors (Lipinski definition) is 2. The highest BCUT2D eigenvalue weighted by Gasteiger charge is 2.24. The quantitative estimate of drug-likeness (QED) is 0.893. The highest BCUT2D eigenvalue weighted by molar-refractivity contribution is 5.85. The molecule has 3 N–H and O–H groups in total. The second-order valence-corrected chi connectivity index (χ2v) is 5.02. The van der Waals surface area contributed by atoms with Crippen molar-refractivity contribution in [2.45, 2.75) is 44.7 Å². The summed E-state index contributed by atoms with van der Waals surface area (Å²) in [7, 11) is 0. The van der Waals surface area contributed by atoms with Crippen LogP contribution in [0, 0.1) is 5.82 Å². The van der Waals surface area contributed by atoms with E-state index in [1.54, 1.807) is 12.1 Å². The molecule has 2 unspecified atom stereocenters. The molecule has 3 nitrogen and oxygen atoms in total. The lowest BCUT2D eigenvalue weighted by Crippen LogP contribution is -2.28. The fraction of sp³-hybridized carbons (Fsp3) is 0.500. The van der Waals surface area contributed by atoms with Crippen molar-refractivity contribution < 1.29 is 9.18 Å². The fourth-order valence-corrected chi connectivity index (χ4v) is 2.36. The van der Waals surface area contributed by atoms with Crippen LogP contribution in [0.3, 0.4) is 0 Å². The number of nitrogens with one attached hydrogen (secondary N) is 1. The lowest BCUT2D eigenvalue weighted by molar-refractivity contribution is -0.122. The maximum atomic E-state index is 13.1. The lowest BCUT2D eigenvalue weighted by Gasteiger charge is -2.14. The molecule has 2 rings (SSSR count). The number of rotatable bonds is 4. The fourth-order valence-electron chi connectivity index (χ4n) is 2.36. The molecule has 1 aliphatic rings. The van der Waals surface area contributed by atoms with E-state index >= 15 is 0 Å². The molecule has 0 aliphatic heterocycles. The molecule has 0 radical (unpaired) electrons. The van der Waals surface area contributed by atoms with Crippen LogP contribution in [-0.2, 0) is 11.2 Å². The van der Waals surface area contributed by atoms with Crippen LogP contribution in [-0.4, -0.2) is 11.9 Å². The van der Waals surface area contributed by atoms with Crippen molar-refractivity contribution in [3.05, 3.63) is 35.1 Å². The summed E-state index contributed by atoms with van der Waals surface area (Å²) in [5.74, 6) is -0.188. The molecule has 0 fully saturated rings. The number of hydrogen-bond acceptors (Lipinski definition) is 2. The van der Waals surface area contributed by atoms with Crippen LogP contribution in [0.1, 0.15) is 43.4 Å². The molecule has 19 heavy (non-hydrogen) atoms. The SMILES string of the molecule is CC(N)CCC(=O)NC1CCc2cc(F)ccc21.Cl. The molecular weight excluding hydrogens is 267 g/mol. The smallest absolute Gasteiger partial charge is 0.220 e. The van der Waals surface area contributed by atoms with Crippen LogP contribution >= 0.6 is 12.4 Å². The molecule has 1 aromatic carbocycles. The average Bonchev–Trinajstić information content (AvgIpc) is 2.69. The predicted octanol–water partition coefficient (Wildman–Crippen LogP) is 2.48. The predicted molar refractivity (Wildman–Crippen MR) is 75.7 cm³/mol. The first kappa shape index (κ1) is 15.9. The molecular formula is C14H20ClFN2O. The third-order valence-electron chi connectivity index (χ3n) is 3.34. The van der Waals surface area contributed by atoms with E-state index in [1.807, 2.05) is 6.92 Å². The van der Waals surface area contributed by atoms with Crippen LogP contribution < -0.4 is 11.1 Å². The molecule has 106 valence electrons. The topological polar surface area (TPSA) is 55.1 Å². The number of nitrogens with two attached hydrogens (primary N) is 1. The Morgan fingerprint density at radius 3 is 3.00 bits per heavy atom.